The van der Waals surface area contributed by atoms with E-state index in [9.17, 15) is 4.79 Å². The highest BCUT2D eigenvalue weighted by molar-refractivity contribution is 5.81. The molecule has 0 bridgehead atoms. The van der Waals surface area contributed by atoms with Crippen LogP contribution >= 0.6 is 0 Å². The summed E-state index contributed by atoms with van der Waals surface area (Å²) in [7, 11) is 2.19. The standard InChI is InChI=1S/C17H34N2O2/c1-8-18-17(15(20)21-9-2)11-10-14(12-17)19(7)13(3)16(4,5)6/h13-14,18H,8-12H2,1-7H3. The topological polar surface area (TPSA) is 41.6 Å². The summed E-state index contributed by atoms with van der Waals surface area (Å²) < 4.78 is 5.32. The second kappa shape index (κ2) is 7.10. The van der Waals surface area contributed by atoms with E-state index in [-0.39, 0.29) is 11.4 Å². The number of hydrogen-bond donors (Lipinski definition) is 1. The molecule has 0 saturated heterocycles. The number of likely N-dealkylation sites (N-methyl/N-ethyl adjacent to an activating group) is 1. The summed E-state index contributed by atoms with van der Waals surface area (Å²) in [5.74, 6) is -0.0776. The molecule has 4 heteroatoms. The van der Waals surface area contributed by atoms with E-state index < -0.39 is 5.54 Å². The molecular weight excluding hydrogens is 264 g/mol. The maximum atomic E-state index is 12.4. The van der Waals surface area contributed by atoms with Crippen molar-refractivity contribution in [2.75, 3.05) is 20.2 Å². The molecule has 1 aliphatic carbocycles. The van der Waals surface area contributed by atoms with Gasteiger partial charge in [0.2, 0.25) is 0 Å². The summed E-state index contributed by atoms with van der Waals surface area (Å²) in [6, 6.07) is 0.907. The van der Waals surface area contributed by atoms with Crippen LogP contribution in [0.1, 0.15) is 60.8 Å². The minimum Gasteiger partial charge on any atom is -0.465 e. The van der Waals surface area contributed by atoms with E-state index in [1.165, 1.54) is 0 Å². The van der Waals surface area contributed by atoms with Gasteiger partial charge in [-0.15, -0.1) is 0 Å². The largest absolute Gasteiger partial charge is 0.465 e. The fraction of sp³-hybridized carbons (Fsp3) is 0.941. The van der Waals surface area contributed by atoms with Gasteiger partial charge in [-0.25, -0.2) is 0 Å². The third kappa shape index (κ3) is 4.19. The molecule has 1 aliphatic rings. The van der Waals surface area contributed by atoms with Gasteiger partial charge in [-0.2, -0.15) is 0 Å². The van der Waals surface area contributed by atoms with Crippen LogP contribution in [-0.4, -0.2) is 48.7 Å². The Morgan fingerprint density at radius 3 is 2.52 bits per heavy atom. The molecule has 0 radical (unpaired) electrons. The van der Waals surface area contributed by atoms with E-state index in [1.54, 1.807) is 0 Å². The third-order valence-corrected chi connectivity index (χ3v) is 5.11. The summed E-state index contributed by atoms with van der Waals surface area (Å²) in [6.07, 6.45) is 2.75. The highest BCUT2D eigenvalue weighted by atomic mass is 16.5. The molecule has 3 atom stereocenters. The van der Waals surface area contributed by atoms with E-state index in [1.807, 2.05) is 6.92 Å². The molecular formula is C17H34N2O2. The van der Waals surface area contributed by atoms with Gasteiger partial charge in [0.15, 0.2) is 0 Å². The number of nitrogens with one attached hydrogen (secondary N) is 1. The summed E-state index contributed by atoms with van der Waals surface area (Å²) in [4.78, 5) is 14.8. The normalized spacial score (nSPS) is 27.9. The average Bonchev–Trinajstić information content (AvgIpc) is 2.82. The van der Waals surface area contributed by atoms with Gasteiger partial charge in [0.1, 0.15) is 5.54 Å². The lowest BCUT2D eigenvalue weighted by Crippen LogP contribution is -2.53. The average molecular weight is 298 g/mol. The molecule has 124 valence electrons. The fourth-order valence-electron chi connectivity index (χ4n) is 3.32. The second-order valence-corrected chi connectivity index (χ2v) is 7.44. The van der Waals surface area contributed by atoms with Crippen molar-refractivity contribution in [3.05, 3.63) is 0 Å². The first-order chi connectivity index (χ1) is 9.68. The molecule has 0 amide bonds. The first-order valence-electron chi connectivity index (χ1n) is 8.32. The number of esters is 1. The van der Waals surface area contributed by atoms with Gasteiger partial charge in [0, 0.05) is 12.1 Å². The number of carbonyl (C=O) groups excluding carboxylic acids is 1. The molecule has 1 N–H and O–H groups in total. The fourth-order valence-corrected chi connectivity index (χ4v) is 3.32. The summed E-state index contributed by atoms with van der Waals surface area (Å²) in [6.45, 7) is 14.3. The number of nitrogens with zero attached hydrogens (tertiary/aromatic N) is 1. The van der Waals surface area contributed by atoms with Gasteiger partial charge >= 0.3 is 5.97 Å². The maximum absolute atomic E-state index is 12.4. The third-order valence-electron chi connectivity index (χ3n) is 5.11. The Labute approximate surface area is 130 Å². The SMILES string of the molecule is CCNC1(C(=O)OCC)CCC(N(C)C(C)C(C)(C)C)C1. The minimum atomic E-state index is -0.485. The molecule has 0 spiro atoms. The van der Waals surface area contributed by atoms with Crippen LogP contribution in [0, 0.1) is 5.41 Å². The zero-order valence-electron chi connectivity index (χ0n) is 15.0. The van der Waals surface area contributed by atoms with Crippen LogP contribution in [0.2, 0.25) is 0 Å². The summed E-state index contributed by atoms with van der Waals surface area (Å²) in [5.41, 5.74) is -0.247. The quantitative estimate of drug-likeness (QED) is 0.766. The van der Waals surface area contributed by atoms with Crippen molar-refractivity contribution >= 4 is 5.97 Å². The van der Waals surface area contributed by atoms with Crippen molar-refractivity contribution in [1.82, 2.24) is 10.2 Å². The molecule has 1 rings (SSSR count). The molecule has 21 heavy (non-hydrogen) atoms. The summed E-state index contributed by atoms with van der Waals surface area (Å²) in [5, 5.41) is 3.40. The Bertz CT molecular complexity index is 351. The van der Waals surface area contributed by atoms with Gasteiger partial charge in [0.25, 0.3) is 0 Å². The Morgan fingerprint density at radius 2 is 2.05 bits per heavy atom. The van der Waals surface area contributed by atoms with Crippen molar-refractivity contribution in [2.45, 2.75) is 78.4 Å². The smallest absolute Gasteiger partial charge is 0.326 e. The lowest BCUT2D eigenvalue weighted by molar-refractivity contribution is -0.151. The van der Waals surface area contributed by atoms with Gasteiger partial charge in [0.05, 0.1) is 6.61 Å². The lowest BCUT2D eigenvalue weighted by Gasteiger charge is -2.39. The molecule has 3 unspecified atom stereocenters. The molecule has 1 saturated carbocycles. The highest BCUT2D eigenvalue weighted by Crippen LogP contribution is 2.36. The molecule has 1 fully saturated rings. The molecule has 0 aromatic carbocycles. The Balaban J connectivity index is 2.81. The van der Waals surface area contributed by atoms with Crippen molar-refractivity contribution < 1.29 is 9.53 Å². The number of carbonyl (C=O) groups is 1. The van der Waals surface area contributed by atoms with Gasteiger partial charge in [-0.3, -0.25) is 4.79 Å². The van der Waals surface area contributed by atoms with Crippen molar-refractivity contribution in [1.29, 1.82) is 0 Å². The first kappa shape index (κ1) is 18.4. The van der Waals surface area contributed by atoms with E-state index in [2.05, 4.69) is 51.9 Å². The van der Waals surface area contributed by atoms with Crippen molar-refractivity contribution in [3.8, 4) is 0 Å². The van der Waals surface area contributed by atoms with Crippen molar-refractivity contribution in [2.24, 2.45) is 5.41 Å². The molecule has 4 nitrogen and oxygen atoms in total. The predicted molar refractivity (Wildman–Crippen MR) is 87.4 cm³/mol. The van der Waals surface area contributed by atoms with Crippen LogP contribution in [0.25, 0.3) is 0 Å². The molecule has 0 aromatic rings. The second-order valence-electron chi connectivity index (χ2n) is 7.44. The van der Waals surface area contributed by atoms with E-state index >= 15 is 0 Å². The van der Waals surface area contributed by atoms with Crippen LogP contribution in [0.3, 0.4) is 0 Å². The Kier molecular flexibility index (Phi) is 6.23. The summed E-state index contributed by atoms with van der Waals surface area (Å²) >= 11 is 0. The Morgan fingerprint density at radius 1 is 1.43 bits per heavy atom. The predicted octanol–water partition coefficient (Wildman–Crippen LogP) is 2.82. The zero-order valence-corrected chi connectivity index (χ0v) is 15.0. The van der Waals surface area contributed by atoms with Crippen LogP contribution in [0.4, 0.5) is 0 Å². The maximum Gasteiger partial charge on any atom is 0.326 e. The van der Waals surface area contributed by atoms with E-state index in [0.717, 1.165) is 25.8 Å². The Hall–Kier alpha value is -0.610. The van der Waals surface area contributed by atoms with Gasteiger partial charge in [-0.1, -0.05) is 27.7 Å². The zero-order chi connectivity index (χ0) is 16.3. The van der Waals surface area contributed by atoms with Crippen LogP contribution in [-0.2, 0) is 9.53 Å². The van der Waals surface area contributed by atoms with Crippen LogP contribution in [0.15, 0.2) is 0 Å². The highest BCUT2D eigenvalue weighted by Gasteiger charge is 2.48. The lowest BCUT2D eigenvalue weighted by atomic mass is 9.86. The van der Waals surface area contributed by atoms with Gasteiger partial charge < -0.3 is 15.0 Å². The van der Waals surface area contributed by atoms with E-state index in [0.29, 0.717) is 18.7 Å². The first-order valence-corrected chi connectivity index (χ1v) is 8.32. The van der Waals surface area contributed by atoms with Crippen LogP contribution < -0.4 is 5.32 Å². The molecule has 0 aromatic heterocycles. The minimum absolute atomic E-state index is 0.0776. The van der Waals surface area contributed by atoms with Crippen LogP contribution in [0.5, 0.6) is 0 Å². The van der Waals surface area contributed by atoms with Gasteiger partial charge in [-0.05, 0) is 52.1 Å². The number of ether oxygens (including phenoxy) is 1. The van der Waals surface area contributed by atoms with Crippen molar-refractivity contribution in [3.63, 3.8) is 0 Å². The van der Waals surface area contributed by atoms with E-state index in [4.69, 9.17) is 4.74 Å². The number of hydrogen-bond acceptors (Lipinski definition) is 4. The molecule has 0 heterocycles. The number of rotatable bonds is 6. The molecule has 0 aliphatic heterocycles. The monoisotopic (exact) mass is 298 g/mol.